The van der Waals surface area contributed by atoms with Crippen molar-refractivity contribution in [2.75, 3.05) is 0 Å². The van der Waals surface area contributed by atoms with Gasteiger partial charge in [-0.15, -0.1) is 0 Å². The van der Waals surface area contributed by atoms with Gasteiger partial charge in [0.1, 0.15) is 11.5 Å². The molecule has 20 heavy (non-hydrogen) atoms. The number of benzene rings is 2. The fraction of sp³-hybridized carbons (Fsp3) is 0.250. The molecule has 0 amide bonds. The number of hydrogen-bond donors (Lipinski definition) is 2. The largest absolute Gasteiger partial charge is 0.507 e. The van der Waals surface area contributed by atoms with Crippen molar-refractivity contribution in [3.63, 3.8) is 0 Å². The third-order valence-electron chi connectivity index (χ3n) is 3.36. The molecule has 0 spiro atoms. The molecule has 0 saturated carbocycles. The maximum atomic E-state index is 10.4. The van der Waals surface area contributed by atoms with Gasteiger partial charge >= 0.3 is 0 Å². The fourth-order valence-electron chi connectivity index (χ4n) is 2.26. The van der Waals surface area contributed by atoms with E-state index in [0.717, 1.165) is 32.9 Å². The van der Waals surface area contributed by atoms with Crippen LogP contribution in [0.3, 0.4) is 0 Å². The number of phenols is 2. The number of aryl methyl sites for hydroxylation is 2. The summed E-state index contributed by atoms with van der Waals surface area (Å²) in [6, 6.07) is 7.45. The molecule has 0 unspecified atom stereocenters. The normalized spacial score (nSPS) is 10.8. The molecule has 0 aliphatic heterocycles. The van der Waals surface area contributed by atoms with Crippen molar-refractivity contribution in [3.05, 3.63) is 44.3 Å². The van der Waals surface area contributed by atoms with E-state index >= 15 is 0 Å². The van der Waals surface area contributed by atoms with Gasteiger partial charge in [0.2, 0.25) is 0 Å². The van der Waals surface area contributed by atoms with Crippen molar-refractivity contribution in [1.29, 1.82) is 0 Å². The fourth-order valence-corrected chi connectivity index (χ4v) is 3.27. The zero-order chi connectivity index (χ0) is 14.9. The first-order valence-electron chi connectivity index (χ1n) is 6.51. The predicted octanol–water partition coefficient (Wildman–Crippen LogP) is 5.41. The molecule has 0 atom stereocenters. The minimum Gasteiger partial charge on any atom is -0.507 e. The van der Waals surface area contributed by atoms with E-state index in [0.29, 0.717) is 11.1 Å². The van der Waals surface area contributed by atoms with E-state index < -0.39 is 0 Å². The topological polar surface area (TPSA) is 40.5 Å². The second-order valence-corrected chi connectivity index (χ2v) is 6.46. The van der Waals surface area contributed by atoms with Gasteiger partial charge < -0.3 is 10.2 Å². The van der Waals surface area contributed by atoms with Gasteiger partial charge in [-0.3, -0.25) is 0 Å². The standard InChI is InChI=1S/C16H16Br2O2/c1-3-9-5-11(17)7-13(15(9)19)14-8-12(18)6-10(4-2)16(14)20/h5-8,19-20H,3-4H2,1-2H3. The van der Waals surface area contributed by atoms with Crippen molar-refractivity contribution >= 4 is 31.9 Å². The molecule has 2 nitrogen and oxygen atoms in total. The molecule has 0 heterocycles. The van der Waals surface area contributed by atoms with Crippen LogP contribution in [0.1, 0.15) is 25.0 Å². The van der Waals surface area contributed by atoms with Crippen molar-refractivity contribution in [1.82, 2.24) is 0 Å². The first-order chi connectivity index (χ1) is 9.47. The summed E-state index contributed by atoms with van der Waals surface area (Å²) in [7, 11) is 0. The maximum absolute atomic E-state index is 10.4. The second-order valence-electron chi connectivity index (χ2n) is 4.63. The molecule has 0 fully saturated rings. The molecule has 0 bridgehead atoms. The van der Waals surface area contributed by atoms with Gasteiger partial charge in [0.05, 0.1) is 0 Å². The van der Waals surface area contributed by atoms with Crippen LogP contribution in [0, 0.1) is 0 Å². The number of phenolic OH excluding ortho intramolecular Hbond substituents is 2. The summed E-state index contributed by atoms with van der Waals surface area (Å²) in [6.45, 7) is 3.98. The molecular weight excluding hydrogens is 384 g/mol. The number of halogens is 2. The molecule has 2 aromatic carbocycles. The lowest BCUT2D eigenvalue weighted by Gasteiger charge is -2.14. The van der Waals surface area contributed by atoms with E-state index in [1.807, 2.05) is 38.1 Å². The smallest absolute Gasteiger partial charge is 0.126 e. The van der Waals surface area contributed by atoms with Gasteiger partial charge in [-0.25, -0.2) is 0 Å². The van der Waals surface area contributed by atoms with Crippen LogP contribution in [0.2, 0.25) is 0 Å². The Morgan fingerprint density at radius 2 is 1.10 bits per heavy atom. The molecular formula is C16H16Br2O2. The minimum absolute atomic E-state index is 0.228. The molecule has 0 aliphatic carbocycles. The third-order valence-corrected chi connectivity index (χ3v) is 4.27. The molecule has 0 aliphatic rings. The van der Waals surface area contributed by atoms with Gasteiger partial charge in [0, 0.05) is 20.1 Å². The quantitative estimate of drug-likeness (QED) is 0.723. The summed E-state index contributed by atoms with van der Waals surface area (Å²) >= 11 is 6.92. The molecule has 2 rings (SSSR count). The van der Waals surface area contributed by atoms with E-state index in [1.54, 1.807) is 0 Å². The van der Waals surface area contributed by atoms with Gasteiger partial charge in [-0.1, -0.05) is 45.7 Å². The Hall–Kier alpha value is -1.00. The van der Waals surface area contributed by atoms with Crippen LogP contribution in [-0.2, 0) is 12.8 Å². The predicted molar refractivity (Wildman–Crippen MR) is 89.4 cm³/mol. The lowest BCUT2D eigenvalue weighted by atomic mass is 9.97. The van der Waals surface area contributed by atoms with Crippen LogP contribution in [0.15, 0.2) is 33.2 Å². The highest BCUT2D eigenvalue weighted by molar-refractivity contribution is 9.10. The Morgan fingerprint density at radius 1 is 0.750 bits per heavy atom. The minimum atomic E-state index is 0.228. The zero-order valence-electron chi connectivity index (χ0n) is 11.4. The van der Waals surface area contributed by atoms with E-state index in [-0.39, 0.29) is 11.5 Å². The summed E-state index contributed by atoms with van der Waals surface area (Å²) in [5, 5.41) is 20.8. The maximum Gasteiger partial charge on any atom is 0.126 e. The lowest BCUT2D eigenvalue weighted by Crippen LogP contribution is -1.91. The van der Waals surface area contributed by atoms with Gasteiger partial charge in [-0.2, -0.15) is 0 Å². The molecule has 2 N–H and O–H groups in total. The number of aromatic hydroxyl groups is 2. The van der Waals surface area contributed by atoms with Crippen molar-refractivity contribution in [2.45, 2.75) is 26.7 Å². The van der Waals surface area contributed by atoms with Crippen molar-refractivity contribution in [3.8, 4) is 22.6 Å². The Labute approximate surface area is 135 Å². The molecule has 0 radical (unpaired) electrons. The SMILES string of the molecule is CCc1cc(Br)cc(-c2cc(Br)cc(CC)c2O)c1O. The Morgan fingerprint density at radius 3 is 1.40 bits per heavy atom. The monoisotopic (exact) mass is 398 g/mol. The Balaban J connectivity index is 2.74. The summed E-state index contributed by atoms with van der Waals surface area (Å²) < 4.78 is 1.78. The second kappa shape index (κ2) is 6.19. The molecule has 0 saturated heterocycles. The number of rotatable bonds is 3. The zero-order valence-corrected chi connectivity index (χ0v) is 14.5. The van der Waals surface area contributed by atoms with Crippen LogP contribution in [-0.4, -0.2) is 10.2 Å². The molecule has 106 valence electrons. The van der Waals surface area contributed by atoms with Gasteiger partial charge in [0.25, 0.3) is 0 Å². The lowest BCUT2D eigenvalue weighted by molar-refractivity contribution is 0.462. The van der Waals surface area contributed by atoms with Crippen LogP contribution in [0.5, 0.6) is 11.5 Å². The Bertz CT molecular complexity index is 594. The van der Waals surface area contributed by atoms with Crippen molar-refractivity contribution in [2.24, 2.45) is 0 Å². The van der Waals surface area contributed by atoms with Crippen LogP contribution < -0.4 is 0 Å². The highest BCUT2D eigenvalue weighted by Gasteiger charge is 2.16. The highest BCUT2D eigenvalue weighted by atomic mass is 79.9. The first-order valence-corrected chi connectivity index (χ1v) is 8.09. The van der Waals surface area contributed by atoms with E-state index in [9.17, 15) is 10.2 Å². The first kappa shape index (κ1) is 15.4. The summed E-state index contributed by atoms with van der Waals surface area (Å²) in [6.07, 6.45) is 1.46. The van der Waals surface area contributed by atoms with Gasteiger partial charge in [-0.05, 0) is 48.2 Å². The Kier molecular flexibility index (Phi) is 4.76. The summed E-state index contributed by atoms with van der Waals surface area (Å²) in [5.74, 6) is 0.456. The summed E-state index contributed by atoms with van der Waals surface area (Å²) in [5.41, 5.74) is 2.99. The molecule has 2 aromatic rings. The van der Waals surface area contributed by atoms with E-state index in [2.05, 4.69) is 31.9 Å². The van der Waals surface area contributed by atoms with Crippen molar-refractivity contribution < 1.29 is 10.2 Å². The average Bonchev–Trinajstić information content (AvgIpc) is 2.43. The molecule has 4 heteroatoms. The van der Waals surface area contributed by atoms with E-state index in [1.165, 1.54) is 0 Å². The highest BCUT2D eigenvalue weighted by Crippen LogP contribution is 2.42. The van der Waals surface area contributed by atoms with Gasteiger partial charge in [0.15, 0.2) is 0 Å². The van der Waals surface area contributed by atoms with Crippen LogP contribution in [0.4, 0.5) is 0 Å². The average molecular weight is 400 g/mol. The van der Waals surface area contributed by atoms with Crippen LogP contribution in [0.25, 0.3) is 11.1 Å². The summed E-state index contributed by atoms with van der Waals surface area (Å²) in [4.78, 5) is 0. The van der Waals surface area contributed by atoms with Crippen LogP contribution >= 0.6 is 31.9 Å². The molecule has 0 aromatic heterocycles. The third kappa shape index (κ3) is 2.86. The van der Waals surface area contributed by atoms with E-state index in [4.69, 9.17) is 0 Å². The number of hydrogen-bond acceptors (Lipinski definition) is 2.